The minimum Gasteiger partial charge on any atom is -0.431 e. The maximum atomic E-state index is 12.1. The number of carbonyl (C=O) groups excluding carboxylic acids is 3. The van der Waals surface area contributed by atoms with E-state index in [0.29, 0.717) is 11.3 Å². The molecule has 0 unspecified atom stereocenters. The number of anilines is 2. The van der Waals surface area contributed by atoms with E-state index in [4.69, 9.17) is 4.42 Å². The topological polar surface area (TPSA) is 101 Å². The Morgan fingerprint density at radius 2 is 1.83 bits per heavy atom. The van der Waals surface area contributed by atoms with Crippen molar-refractivity contribution in [2.24, 2.45) is 5.92 Å². The highest BCUT2D eigenvalue weighted by atomic mass is 16.4. The van der Waals surface area contributed by atoms with Crippen LogP contribution in [0.4, 0.5) is 11.7 Å². The summed E-state index contributed by atoms with van der Waals surface area (Å²) in [6.07, 6.45) is 3.99. The zero-order chi connectivity index (χ0) is 17.1. The Morgan fingerprint density at radius 3 is 2.42 bits per heavy atom. The van der Waals surface area contributed by atoms with Crippen LogP contribution >= 0.6 is 0 Å². The van der Waals surface area contributed by atoms with Crippen molar-refractivity contribution in [3.05, 3.63) is 41.8 Å². The van der Waals surface area contributed by atoms with Gasteiger partial charge in [0.1, 0.15) is 6.26 Å². The van der Waals surface area contributed by atoms with E-state index in [1.807, 2.05) is 0 Å². The first kappa shape index (κ1) is 15.9. The minimum absolute atomic E-state index is 0.00830. The molecule has 2 aromatic rings. The fraction of sp³-hybridized carbons (Fsp3) is 0.294. The number of rotatable bonds is 5. The summed E-state index contributed by atoms with van der Waals surface area (Å²) in [6, 6.07) is 6.54. The van der Waals surface area contributed by atoms with E-state index in [-0.39, 0.29) is 29.3 Å². The predicted octanol–water partition coefficient (Wildman–Crippen LogP) is 2.87. The zero-order valence-electron chi connectivity index (χ0n) is 13.2. The van der Waals surface area contributed by atoms with E-state index in [9.17, 15) is 14.4 Å². The third-order valence-electron chi connectivity index (χ3n) is 3.99. The third-order valence-corrected chi connectivity index (χ3v) is 3.99. The van der Waals surface area contributed by atoms with Crippen LogP contribution < -0.4 is 10.6 Å². The second-order valence-electron chi connectivity index (χ2n) is 5.74. The molecule has 7 nitrogen and oxygen atoms in total. The average Bonchev–Trinajstić information content (AvgIpc) is 2.94. The Hall–Kier alpha value is -2.96. The van der Waals surface area contributed by atoms with E-state index >= 15 is 0 Å². The van der Waals surface area contributed by atoms with E-state index < -0.39 is 5.91 Å². The highest BCUT2D eigenvalue weighted by Crippen LogP contribution is 2.27. The molecule has 0 spiro atoms. The van der Waals surface area contributed by atoms with E-state index in [2.05, 4.69) is 15.6 Å². The van der Waals surface area contributed by atoms with Crippen molar-refractivity contribution in [2.75, 3.05) is 10.6 Å². The summed E-state index contributed by atoms with van der Waals surface area (Å²) < 4.78 is 5.11. The molecule has 1 heterocycles. The second kappa shape index (κ2) is 6.66. The Kier molecular flexibility index (Phi) is 4.41. The summed E-state index contributed by atoms with van der Waals surface area (Å²) >= 11 is 0. The summed E-state index contributed by atoms with van der Waals surface area (Å²) in [5.41, 5.74) is 1.16. The Balaban J connectivity index is 1.60. The number of ketones is 1. The van der Waals surface area contributed by atoms with Crippen LogP contribution in [0.3, 0.4) is 0 Å². The van der Waals surface area contributed by atoms with Crippen LogP contribution in [0.15, 0.2) is 34.9 Å². The van der Waals surface area contributed by atoms with Gasteiger partial charge in [0.25, 0.3) is 5.91 Å². The van der Waals surface area contributed by atoms with Gasteiger partial charge in [-0.2, -0.15) is 4.98 Å². The van der Waals surface area contributed by atoms with Gasteiger partial charge in [-0.1, -0.05) is 6.42 Å². The Bertz CT molecular complexity index is 775. The number of nitrogens with zero attached hydrogens (tertiary/aromatic N) is 1. The molecule has 24 heavy (non-hydrogen) atoms. The minimum atomic E-state index is -0.460. The lowest BCUT2D eigenvalue weighted by molar-refractivity contribution is -0.122. The highest BCUT2D eigenvalue weighted by Gasteiger charge is 2.26. The molecule has 2 N–H and O–H groups in total. The predicted molar refractivity (Wildman–Crippen MR) is 86.9 cm³/mol. The Morgan fingerprint density at radius 1 is 1.12 bits per heavy atom. The largest absolute Gasteiger partial charge is 0.431 e. The number of carbonyl (C=O) groups is 3. The summed E-state index contributed by atoms with van der Waals surface area (Å²) in [4.78, 5) is 39.1. The lowest BCUT2D eigenvalue weighted by Crippen LogP contribution is -2.28. The van der Waals surface area contributed by atoms with Gasteiger partial charge in [-0.25, -0.2) is 0 Å². The quantitative estimate of drug-likeness (QED) is 0.822. The van der Waals surface area contributed by atoms with Crippen LogP contribution in [0, 0.1) is 5.92 Å². The van der Waals surface area contributed by atoms with Crippen molar-refractivity contribution in [3.63, 3.8) is 0 Å². The van der Waals surface area contributed by atoms with Gasteiger partial charge in [0.2, 0.25) is 5.91 Å². The molecule has 0 aliphatic heterocycles. The standard InChI is InChI=1S/C17H17N3O4/c1-10(21)11-5-7-13(8-6-11)18-16(23)14-9-24-17(19-14)20-15(22)12-3-2-4-12/h5-9,12H,2-4H2,1H3,(H,18,23)(H,19,20,22). The van der Waals surface area contributed by atoms with Gasteiger partial charge >= 0.3 is 6.01 Å². The molecule has 3 rings (SSSR count). The molecule has 1 aliphatic carbocycles. The monoisotopic (exact) mass is 327 g/mol. The van der Waals surface area contributed by atoms with Gasteiger partial charge < -0.3 is 9.73 Å². The van der Waals surface area contributed by atoms with E-state index in [1.165, 1.54) is 13.2 Å². The molecule has 1 aromatic heterocycles. The van der Waals surface area contributed by atoms with Crippen molar-refractivity contribution in [2.45, 2.75) is 26.2 Å². The second-order valence-corrected chi connectivity index (χ2v) is 5.74. The number of benzene rings is 1. The average molecular weight is 327 g/mol. The van der Waals surface area contributed by atoms with Crippen LogP contribution in [0.2, 0.25) is 0 Å². The maximum absolute atomic E-state index is 12.1. The first-order valence-corrected chi connectivity index (χ1v) is 7.71. The molecular formula is C17H17N3O4. The molecule has 7 heteroatoms. The molecule has 124 valence electrons. The van der Waals surface area contributed by atoms with Gasteiger partial charge in [-0.15, -0.1) is 0 Å². The molecular weight excluding hydrogens is 310 g/mol. The fourth-order valence-corrected chi connectivity index (χ4v) is 2.30. The molecule has 2 amide bonds. The first-order chi connectivity index (χ1) is 11.5. The Labute approximate surface area is 138 Å². The number of oxazole rings is 1. The SMILES string of the molecule is CC(=O)c1ccc(NC(=O)c2coc(NC(=O)C3CCC3)n2)cc1. The van der Waals surface area contributed by atoms with Gasteiger partial charge in [0.05, 0.1) is 0 Å². The number of aromatic nitrogens is 1. The molecule has 1 fully saturated rings. The van der Waals surface area contributed by atoms with Crippen LogP contribution in [-0.2, 0) is 4.79 Å². The molecule has 0 atom stereocenters. The van der Waals surface area contributed by atoms with Gasteiger partial charge in [0.15, 0.2) is 11.5 Å². The summed E-state index contributed by atoms with van der Waals surface area (Å²) in [6.45, 7) is 1.47. The molecule has 1 aliphatic rings. The van der Waals surface area contributed by atoms with Gasteiger partial charge in [-0.3, -0.25) is 19.7 Å². The van der Waals surface area contributed by atoms with Crippen molar-refractivity contribution in [3.8, 4) is 0 Å². The van der Waals surface area contributed by atoms with Crippen LogP contribution in [0.5, 0.6) is 0 Å². The van der Waals surface area contributed by atoms with E-state index in [0.717, 1.165) is 19.3 Å². The number of nitrogens with one attached hydrogen (secondary N) is 2. The maximum Gasteiger partial charge on any atom is 0.302 e. The molecule has 0 radical (unpaired) electrons. The molecule has 0 bridgehead atoms. The normalized spacial score (nSPS) is 13.9. The van der Waals surface area contributed by atoms with Crippen molar-refractivity contribution >= 4 is 29.3 Å². The summed E-state index contributed by atoms with van der Waals surface area (Å²) in [5, 5.41) is 5.22. The van der Waals surface area contributed by atoms with E-state index in [1.54, 1.807) is 24.3 Å². The van der Waals surface area contributed by atoms with Crippen molar-refractivity contribution in [1.82, 2.24) is 4.98 Å². The van der Waals surface area contributed by atoms with Crippen molar-refractivity contribution < 1.29 is 18.8 Å². The van der Waals surface area contributed by atoms with Crippen LogP contribution in [0.25, 0.3) is 0 Å². The number of hydrogen-bond donors (Lipinski definition) is 2. The highest BCUT2D eigenvalue weighted by molar-refractivity contribution is 6.03. The number of hydrogen-bond acceptors (Lipinski definition) is 5. The van der Waals surface area contributed by atoms with Gasteiger partial charge in [-0.05, 0) is 44.0 Å². The lowest BCUT2D eigenvalue weighted by atomic mass is 9.85. The van der Waals surface area contributed by atoms with Crippen LogP contribution in [-0.4, -0.2) is 22.6 Å². The molecule has 1 aromatic carbocycles. The molecule has 0 saturated heterocycles. The summed E-state index contributed by atoms with van der Waals surface area (Å²) in [7, 11) is 0. The fourth-order valence-electron chi connectivity index (χ4n) is 2.30. The van der Waals surface area contributed by atoms with Crippen molar-refractivity contribution in [1.29, 1.82) is 0 Å². The first-order valence-electron chi connectivity index (χ1n) is 7.71. The lowest BCUT2D eigenvalue weighted by Gasteiger charge is -2.22. The third kappa shape index (κ3) is 3.51. The zero-order valence-corrected chi connectivity index (χ0v) is 13.2. The van der Waals surface area contributed by atoms with Crippen LogP contribution in [0.1, 0.15) is 47.0 Å². The number of Topliss-reactive ketones (excluding diaryl/α,β-unsaturated/α-hetero) is 1. The van der Waals surface area contributed by atoms with Gasteiger partial charge in [0, 0.05) is 17.2 Å². The summed E-state index contributed by atoms with van der Waals surface area (Å²) in [5.74, 6) is -0.626. The smallest absolute Gasteiger partial charge is 0.302 e. The number of amides is 2. The molecule has 1 saturated carbocycles.